The summed E-state index contributed by atoms with van der Waals surface area (Å²) < 4.78 is 2.85. The quantitative estimate of drug-likeness (QED) is 0.782. The van der Waals surface area contributed by atoms with E-state index in [4.69, 9.17) is 0 Å². The van der Waals surface area contributed by atoms with Crippen LogP contribution in [0.2, 0.25) is 0 Å². The molecule has 2 aromatic rings. The molecular formula is C8H5Br2N3OS. The molecule has 0 aromatic carbocycles. The molecule has 0 bridgehead atoms. The topological polar surface area (TPSA) is 47.8 Å². The van der Waals surface area contributed by atoms with Crippen molar-refractivity contribution in [1.29, 1.82) is 0 Å². The van der Waals surface area contributed by atoms with Gasteiger partial charge >= 0.3 is 0 Å². The first kappa shape index (κ1) is 11.0. The molecule has 0 spiro atoms. The largest absolute Gasteiger partial charge is 0.287 e. The number of hydrogen-bond donors (Lipinski definition) is 0. The van der Waals surface area contributed by atoms with E-state index in [2.05, 4.69) is 42.2 Å². The van der Waals surface area contributed by atoms with Crippen LogP contribution in [0.3, 0.4) is 0 Å². The molecule has 0 amide bonds. The summed E-state index contributed by atoms with van der Waals surface area (Å²) in [5.74, 6) is -0.0867. The number of thiophene rings is 1. The molecule has 0 fully saturated rings. The monoisotopic (exact) mass is 349 g/mol. The van der Waals surface area contributed by atoms with Crippen molar-refractivity contribution in [2.45, 2.75) is 0 Å². The minimum Gasteiger partial charge on any atom is -0.287 e. The molecule has 2 heterocycles. The van der Waals surface area contributed by atoms with Crippen LogP contribution in [0, 0.1) is 0 Å². The van der Waals surface area contributed by atoms with Crippen molar-refractivity contribution in [2.75, 3.05) is 0 Å². The van der Waals surface area contributed by atoms with Gasteiger partial charge in [0.2, 0.25) is 5.78 Å². The van der Waals surface area contributed by atoms with Crippen LogP contribution in [0.1, 0.15) is 16.1 Å². The lowest BCUT2D eigenvalue weighted by Crippen LogP contribution is -2.07. The van der Waals surface area contributed by atoms with Gasteiger partial charge in [-0.3, -0.25) is 4.79 Å². The summed E-state index contributed by atoms with van der Waals surface area (Å²) in [4.78, 5) is 12.0. The minimum absolute atomic E-state index is 0.0867. The molecule has 0 atom stereocenters. The van der Waals surface area contributed by atoms with E-state index in [1.54, 1.807) is 18.5 Å². The van der Waals surface area contributed by atoms with Crippen molar-refractivity contribution in [1.82, 2.24) is 15.0 Å². The summed E-state index contributed by atoms with van der Waals surface area (Å²) in [5.41, 5.74) is 1.10. The highest BCUT2D eigenvalue weighted by atomic mass is 79.9. The number of rotatable bonds is 2. The van der Waals surface area contributed by atoms with Gasteiger partial charge in [-0.15, -0.1) is 16.4 Å². The van der Waals surface area contributed by atoms with Crippen LogP contribution in [0.15, 0.2) is 19.8 Å². The lowest BCUT2D eigenvalue weighted by atomic mass is 10.2. The fourth-order valence-electron chi connectivity index (χ4n) is 1.14. The van der Waals surface area contributed by atoms with Gasteiger partial charge in [-0.1, -0.05) is 5.21 Å². The molecule has 0 saturated heterocycles. The molecule has 0 unspecified atom stereocenters. The van der Waals surface area contributed by atoms with Crippen LogP contribution in [-0.4, -0.2) is 20.8 Å². The van der Waals surface area contributed by atoms with Crippen molar-refractivity contribution in [3.8, 4) is 0 Å². The van der Waals surface area contributed by atoms with Gasteiger partial charge in [-0.25, -0.2) is 4.68 Å². The average molecular weight is 351 g/mol. The van der Waals surface area contributed by atoms with Crippen LogP contribution in [0.4, 0.5) is 0 Å². The van der Waals surface area contributed by atoms with E-state index in [-0.39, 0.29) is 5.78 Å². The maximum atomic E-state index is 12.0. The number of carbonyl (C=O) groups is 1. The van der Waals surface area contributed by atoms with Gasteiger partial charge in [0.1, 0.15) is 5.69 Å². The zero-order chi connectivity index (χ0) is 11.0. The normalized spacial score (nSPS) is 10.6. The van der Waals surface area contributed by atoms with Gasteiger partial charge in [-0.05, 0) is 37.9 Å². The molecule has 15 heavy (non-hydrogen) atoms. The predicted molar refractivity (Wildman–Crippen MR) is 64.2 cm³/mol. The Bertz CT molecular complexity index is 500. The Hall–Kier alpha value is -0.530. The summed E-state index contributed by atoms with van der Waals surface area (Å²) in [6.07, 6.45) is 0. The molecule has 0 aliphatic heterocycles. The Kier molecular flexibility index (Phi) is 3.03. The van der Waals surface area contributed by atoms with Crippen LogP contribution in [0.5, 0.6) is 0 Å². The van der Waals surface area contributed by atoms with Crippen molar-refractivity contribution in [3.63, 3.8) is 0 Å². The second-order valence-electron chi connectivity index (χ2n) is 2.82. The molecule has 7 heteroatoms. The Morgan fingerprint density at radius 3 is 2.73 bits per heavy atom. The third-order valence-electron chi connectivity index (χ3n) is 1.83. The van der Waals surface area contributed by atoms with Gasteiger partial charge in [0.05, 0.1) is 3.79 Å². The second-order valence-corrected chi connectivity index (χ2v) is 5.86. The number of aryl methyl sites for hydroxylation is 1. The Balaban J connectivity index is 2.45. The number of nitrogens with zero attached hydrogens (tertiary/aromatic N) is 3. The smallest absolute Gasteiger partial charge is 0.214 e. The van der Waals surface area contributed by atoms with E-state index in [0.717, 1.165) is 3.79 Å². The molecule has 0 N–H and O–H groups in total. The van der Waals surface area contributed by atoms with E-state index < -0.39 is 0 Å². The van der Waals surface area contributed by atoms with Gasteiger partial charge in [0.25, 0.3) is 0 Å². The molecule has 78 valence electrons. The molecule has 2 aromatic heterocycles. The lowest BCUT2D eigenvalue weighted by Gasteiger charge is -1.97. The Labute approximate surface area is 107 Å². The lowest BCUT2D eigenvalue weighted by molar-refractivity contribution is 0.103. The predicted octanol–water partition coefficient (Wildman–Crippen LogP) is 2.63. The number of aromatic nitrogens is 3. The average Bonchev–Trinajstić information content (AvgIpc) is 2.73. The van der Waals surface area contributed by atoms with Crippen molar-refractivity contribution >= 4 is 49.0 Å². The van der Waals surface area contributed by atoms with Crippen LogP contribution >= 0.6 is 43.2 Å². The SMILES string of the molecule is Cn1nnc(Br)c1C(=O)c1csc(Br)c1. The highest BCUT2D eigenvalue weighted by Gasteiger charge is 2.19. The van der Waals surface area contributed by atoms with Crippen LogP contribution in [-0.2, 0) is 7.05 Å². The van der Waals surface area contributed by atoms with Gasteiger partial charge < -0.3 is 0 Å². The van der Waals surface area contributed by atoms with Crippen LogP contribution < -0.4 is 0 Å². The van der Waals surface area contributed by atoms with E-state index >= 15 is 0 Å². The van der Waals surface area contributed by atoms with Crippen LogP contribution in [0.25, 0.3) is 0 Å². The highest BCUT2D eigenvalue weighted by Crippen LogP contribution is 2.24. The third-order valence-corrected chi connectivity index (χ3v) is 3.87. The standard InChI is InChI=1S/C8H5Br2N3OS/c1-13-6(8(10)11-12-13)7(14)4-2-5(9)15-3-4/h2-3H,1H3. The highest BCUT2D eigenvalue weighted by molar-refractivity contribution is 9.11. The van der Waals surface area contributed by atoms with E-state index in [1.807, 2.05) is 0 Å². The first-order valence-electron chi connectivity index (χ1n) is 3.93. The van der Waals surface area contributed by atoms with Crippen molar-refractivity contribution < 1.29 is 4.79 Å². The van der Waals surface area contributed by atoms with Gasteiger partial charge in [0.15, 0.2) is 4.60 Å². The molecular weight excluding hydrogens is 346 g/mol. The summed E-state index contributed by atoms with van der Waals surface area (Å²) >= 11 is 7.99. The number of ketones is 1. The fourth-order valence-corrected chi connectivity index (χ4v) is 2.78. The first-order chi connectivity index (χ1) is 7.09. The van der Waals surface area contributed by atoms with Gasteiger partial charge in [-0.2, -0.15) is 0 Å². The Morgan fingerprint density at radius 2 is 2.27 bits per heavy atom. The first-order valence-corrected chi connectivity index (χ1v) is 6.40. The zero-order valence-corrected chi connectivity index (χ0v) is 11.6. The second kappa shape index (κ2) is 4.15. The maximum Gasteiger partial charge on any atom is 0.214 e. The summed E-state index contributed by atoms with van der Waals surface area (Å²) in [5, 5.41) is 9.33. The molecule has 4 nitrogen and oxygen atoms in total. The van der Waals surface area contributed by atoms with Gasteiger partial charge in [0, 0.05) is 18.0 Å². The summed E-state index contributed by atoms with van der Waals surface area (Å²) in [7, 11) is 1.69. The Morgan fingerprint density at radius 1 is 1.53 bits per heavy atom. The number of hydrogen-bond acceptors (Lipinski definition) is 4. The van der Waals surface area contributed by atoms with E-state index in [1.165, 1.54) is 16.0 Å². The molecule has 0 saturated carbocycles. The number of carbonyl (C=O) groups excluding carboxylic acids is 1. The molecule has 0 radical (unpaired) electrons. The van der Waals surface area contributed by atoms with E-state index in [0.29, 0.717) is 15.9 Å². The summed E-state index contributed by atoms with van der Waals surface area (Å²) in [6, 6.07) is 1.78. The molecule has 2 rings (SSSR count). The van der Waals surface area contributed by atoms with Crippen molar-refractivity contribution in [2.24, 2.45) is 7.05 Å². The van der Waals surface area contributed by atoms with Crippen molar-refractivity contribution in [3.05, 3.63) is 31.1 Å². The molecule has 0 aliphatic carbocycles. The fraction of sp³-hybridized carbons (Fsp3) is 0.125. The number of halogens is 2. The molecule has 0 aliphatic rings. The maximum absolute atomic E-state index is 12.0. The van der Waals surface area contributed by atoms with E-state index in [9.17, 15) is 4.79 Å². The third kappa shape index (κ3) is 2.04. The zero-order valence-electron chi connectivity index (χ0n) is 7.57. The minimum atomic E-state index is -0.0867. The summed E-state index contributed by atoms with van der Waals surface area (Å²) in [6.45, 7) is 0.